The molecule has 0 spiro atoms. The molecule has 3 rings (SSSR count). The third-order valence-corrected chi connectivity index (χ3v) is 3.80. The number of aromatic nitrogens is 2. The third-order valence-electron chi connectivity index (χ3n) is 3.80. The maximum Gasteiger partial charge on any atom is 0.275 e. The number of para-hydroxylation sites is 2. The van der Waals surface area contributed by atoms with E-state index in [1.165, 1.54) is 18.5 Å². The van der Waals surface area contributed by atoms with Crippen molar-refractivity contribution in [2.24, 2.45) is 0 Å². The largest absolute Gasteiger partial charge is 0.489 e. The molecule has 0 aliphatic carbocycles. The molecule has 144 valence electrons. The Morgan fingerprint density at radius 1 is 1.07 bits per heavy atom. The van der Waals surface area contributed by atoms with Crippen LogP contribution in [0.25, 0.3) is 0 Å². The minimum absolute atomic E-state index is 0.0161. The summed E-state index contributed by atoms with van der Waals surface area (Å²) in [6, 6.07) is 13.7. The van der Waals surface area contributed by atoms with Crippen LogP contribution >= 0.6 is 0 Å². The Morgan fingerprint density at radius 2 is 1.82 bits per heavy atom. The van der Waals surface area contributed by atoms with E-state index in [1.807, 2.05) is 26.0 Å². The number of carbonyl (C=O) groups is 1. The Morgan fingerprint density at radius 3 is 2.54 bits per heavy atom. The Hall–Kier alpha value is -3.48. The SMILES string of the molecule is CC(C)Oc1ccccc1NC(=O)c1cnc(NCc2ccccc2F)cn1. The Kier molecular flexibility index (Phi) is 6.16. The maximum absolute atomic E-state index is 13.6. The number of halogens is 1. The van der Waals surface area contributed by atoms with Crippen LogP contribution in [0.1, 0.15) is 29.9 Å². The van der Waals surface area contributed by atoms with E-state index < -0.39 is 5.91 Å². The average Bonchev–Trinajstić information content (AvgIpc) is 2.69. The third kappa shape index (κ3) is 5.03. The molecule has 6 nitrogen and oxygen atoms in total. The number of ether oxygens (including phenoxy) is 1. The minimum atomic E-state index is -0.395. The van der Waals surface area contributed by atoms with E-state index >= 15 is 0 Å². The number of anilines is 2. The first-order valence-corrected chi connectivity index (χ1v) is 8.89. The highest BCUT2D eigenvalue weighted by Gasteiger charge is 2.12. The predicted molar refractivity (Wildman–Crippen MR) is 106 cm³/mol. The van der Waals surface area contributed by atoms with Crippen molar-refractivity contribution in [3.8, 4) is 5.75 Å². The van der Waals surface area contributed by atoms with Crippen LogP contribution in [-0.4, -0.2) is 22.0 Å². The lowest BCUT2D eigenvalue weighted by atomic mass is 10.2. The van der Waals surface area contributed by atoms with Crippen LogP contribution < -0.4 is 15.4 Å². The first kappa shape index (κ1) is 19.3. The minimum Gasteiger partial charge on any atom is -0.489 e. The lowest BCUT2D eigenvalue weighted by Crippen LogP contribution is -2.16. The van der Waals surface area contributed by atoms with Gasteiger partial charge in [0.2, 0.25) is 0 Å². The molecule has 0 saturated carbocycles. The van der Waals surface area contributed by atoms with Gasteiger partial charge in [-0.1, -0.05) is 30.3 Å². The molecule has 0 atom stereocenters. The Labute approximate surface area is 162 Å². The van der Waals surface area contributed by atoms with Gasteiger partial charge in [0, 0.05) is 12.1 Å². The number of amides is 1. The summed E-state index contributed by atoms with van der Waals surface area (Å²) < 4.78 is 19.3. The zero-order valence-corrected chi connectivity index (χ0v) is 15.6. The molecular weight excluding hydrogens is 359 g/mol. The average molecular weight is 380 g/mol. The molecule has 0 aliphatic rings. The van der Waals surface area contributed by atoms with Crippen molar-refractivity contribution < 1.29 is 13.9 Å². The van der Waals surface area contributed by atoms with E-state index in [2.05, 4.69) is 20.6 Å². The van der Waals surface area contributed by atoms with Crippen LogP contribution in [-0.2, 0) is 6.54 Å². The van der Waals surface area contributed by atoms with E-state index in [9.17, 15) is 9.18 Å². The molecule has 1 heterocycles. The van der Waals surface area contributed by atoms with Gasteiger partial charge in [-0.25, -0.2) is 14.4 Å². The monoisotopic (exact) mass is 380 g/mol. The standard InChI is InChI=1S/C21H21FN4O2/c1-14(2)28-19-10-6-5-9-17(19)26-21(27)18-12-25-20(13-23-18)24-11-15-7-3-4-8-16(15)22/h3-10,12-14H,11H2,1-2H3,(H,24,25)(H,26,27). The molecule has 0 saturated heterocycles. The normalized spacial score (nSPS) is 10.6. The molecule has 0 unspecified atom stereocenters. The number of hydrogen-bond donors (Lipinski definition) is 2. The molecule has 0 radical (unpaired) electrons. The van der Waals surface area contributed by atoms with Gasteiger partial charge in [0.25, 0.3) is 5.91 Å². The number of benzene rings is 2. The van der Waals surface area contributed by atoms with E-state index in [1.54, 1.807) is 30.3 Å². The predicted octanol–water partition coefficient (Wildman–Crippen LogP) is 4.27. The molecule has 2 aromatic carbocycles. The summed E-state index contributed by atoms with van der Waals surface area (Å²) in [6.45, 7) is 4.10. The van der Waals surface area contributed by atoms with Crippen LogP contribution in [0.3, 0.4) is 0 Å². The van der Waals surface area contributed by atoms with Crippen molar-refractivity contribution in [1.29, 1.82) is 0 Å². The van der Waals surface area contributed by atoms with Crippen LogP contribution in [0.5, 0.6) is 5.75 Å². The molecule has 0 aliphatic heterocycles. The number of carbonyl (C=O) groups excluding carboxylic acids is 1. The fourth-order valence-corrected chi connectivity index (χ4v) is 2.48. The van der Waals surface area contributed by atoms with Gasteiger partial charge in [-0.2, -0.15) is 0 Å². The molecule has 2 N–H and O–H groups in total. The van der Waals surface area contributed by atoms with Gasteiger partial charge in [0.15, 0.2) is 0 Å². The van der Waals surface area contributed by atoms with Crippen LogP contribution in [0, 0.1) is 5.82 Å². The Balaban J connectivity index is 1.63. The summed E-state index contributed by atoms with van der Waals surface area (Å²) >= 11 is 0. The number of rotatable bonds is 7. The summed E-state index contributed by atoms with van der Waals surface area (Å²) in [6.07, 6.45) is 2.79. The highest BCUT2D eigenvalue weighted by Crippen LogP contribution is 2.25. The maximum atomic E-state index is 13.6. The second kappa shape index (κ2) is 8.94. The zero-order chi connectivity index (χ0) is 19.9. The second-order valence-corrected chi connectivity index (χ2v) is 6.35. The highest BCUT2D eigenvalue weighted by atomic mass is 19.1. The van der Waals surface area contributed by atoms with Gasteiger partial charge in [0.05, 0.1) is 24.2 Å². The van der Waals surface area contributed by atoms with E-state index in [0.717, 1.165) is 0 Å². The topological polar surface area (TPSA) is 76.1 Å². The summed E-state index contributed by atoms with van der Waals surface area (Å²) in [5.74, 6) is 0.347. The first-order valence-electron chi connectivity index (χ1n) is 8.89. The quantitative estimate of drug-likeness (QED) is 0.640. The molecule has 28 heavy (non-hydrogen) atoms. The van der Waals surface area contributed by atoms with Gasteiger partial charge < -0.3 is 15.4 Å². The zero-order valence-electron chi connectivity index (χ0n) is 15.6. The van der Waals surface area contributed by atoms with Crippen molar-refractivity contribution in [1.82, 2.24) is 9.97 Å². The molecule has 7 heteroatoms. The van der Waals surface area contributed by atoms with Gasteiger partial charge >= 0.3 is 0 Å². The summed E-state index contributed by atoms with van der Waals surface area (Å²) in [5.41, 5.74) is 1.24. The molecule has 0 fully saturated rings. The summed E-state index contributed by atoms with van der Waals surface area (Å²) in [4.78, 5) is 20.7. The fourth-order valence-electron chi connectivity index (χ4n) is 2.48. The Bertz CT molecular complexity index is 945. The van der Waals surface area contributed by atoms with E-state index in [0.29, 0.717) is 22.8 Å². The highest BCUT2D eigenvalue weighted by molar-refractivity contribution is 6.03. The van der Waals surface area contributed by atoms with Crippen molar-refractivity contribution in [2.45, 2.75) is 26.5 Å². The van der Waals surface area contributed by atoms with Crippen molar-refractivity contribution in [3.63, 3.8) is 0 Å². The summed E-state index contributed by atoms with van der Waals surface area (Å²) in [7, 11) is 0. The lowest BCUT2D eigenvalue weighted by Gasteiger charge is -2.14. The van der Waals surface area contributed by atoms with Crippen LogP contribution in [0.2, 0.25) is 0 Å². The molecular formula is C21H21FN4O2. The van der Waals surface area contributed by atoms with E-state index in [4.69, 9.17) is 4.74 Å². The van der Waals surface area contributed by atoms with Crippen LogP contribution in [0.15, 0.2) is 60.9 Å². The first-order chi connectivity index (χ1) is 13.5. The van der Waals surface area contributed by atoms with Gasteiger partial charge in [-0.15, -0.1) is 0 Å². The summed E-state index contributed by atoms with van der Waals surface area (Å²) in [5, 5.41) is 5.76. The van der Waals surface area contributed by atoms with Crippen molar-refractivity contribution in [2.75, 3.05) is 10.6 Å². The molecule has 3 aromatic rings. The molecule has 1 aromatic heterocycles. The van der Waals surface area contributed by atoms with Crippen molar-refractivity contribution in [3.05, 3.63) is 78.0 Å². The number of nitrogens with one attached hydrogen (secondary N) is 2. The van der Waals surface area contributed by atoms with Gasteiger partial charge in [0.1, 0.15) is 23.1 Å². The van der Waals surface area contributed by atoms with Gasteiger partial charge in [-0.3, -0.25) is 4.79 Å². The number of hydrogen-bond acceptors (Lipinski definition) is 5. The van der Waals surface area contributed by atoms with E-state index in [-0.39, 0.29) is 24.2 Å². The second-order valence-electron chi connectivity index (χ2n) is 6.35. The lowest BCUT2D eigenvalue weighted by molar-refractivity contribution is 0.102. The van der Waals surface area contributed by atoms with Crippen LogP contribution in [0.4, 0.5) is 15.9 Å². The van der Waals surface area contributed by atoms with Crippen molar-refractivity contribution >= 4 is 17.4 Å². The van der Waals surface area contributed by atoms with Gasteiger partial charge in [-0.05, 0) is 32.0 Å². The fraction of sp³-hybridized carbons (Fsp3) is 0.190. The number of nitrogens with zero attached hydrogens (tertiary/aromatic N) is 2. The molecule has 1 amide bonds. The smallest absolute Gasteiger partial charge is 0.275 e. The molecule has 0 bridgehead atoms.